The zero-order valence-corrected chi connectivity index (χ0v) is 10.5. The normalized spacial score (nSPS) is 18.9. The number of ether oxygens (including phenoxy) is 1. The lowest BCUT2D eigenvalue weighted by Crippen LogP contribution is -2.58. The van der Waals surface area contributed by atoms with Crippen molar-refractivity contribution in [2.75, 3.05) is 13.1 Å². The SMILES string of the molecule is C=C(O)CC1(C)CN(C(=O)OC(C)(C)C)C1. The summed E-state index contributed by atoms with van der Waals surface area (Å²) in [5, 5.41) is 9.14. The summed E-state index contributed by atoms with van der Waals surface area (Å²) in [6, 6.07) is 0. The van der Waals surface area contributed by atoms with Crippen LogP contribution in [0.25, 0.3) is 0 Å². The van der Waals surface area contributed by atoms with E-state index in [4.69, 9.17) is 9.84 Å². The number of hydrogen-bond donors (Lipinski definition) is 1. The van der Waals surface area contributed by atoms with E-state index in [9.17, 15) is 4.79 Å². The van der Waals surface area contributed by atoms with Gasteiger partial charge in [-0.2, -0.15) is 0 Å². The van der Waals surface area contributed by atoms with Crippen LogP contribution in [0.2, 0.25) is 0 Å². The van der Waals surface area contributed by atoms with Gasteiger partial charge < -0.3 is 14.7 Å². The minimum atomic E-state index is -0.455. The number of hydrogen-bond acceptors (Lipinski definition) is 3. The van der Waals surface area contributed by atoms with E-state index in [0.717, 1.165) is 0 Å². The van der Waals surface area contributed by atoms with Crippen LogP contribution < -0.4 is 0 Å². The number of amides is 1. The molecule has 4 nitrogen and oxygen atoms in total. The van der Waals surface area contributed by atoms with Crippen molar-refractivity contribution in [3.63, 3.8) is 0 Å². The number of rotatable bonds is 2. The molecule has 1 rings (SSSR count). The molecule has 0 radical (unpaired) electrons. The van der Waals surface area contributed by atoms with E-state index >= 15 is 0 Å². The molecule has 1 saturated heterocycles. The van der Waals surface area contributed by atoms with Crippen LogP contribution in [-0.2, 0) is 4.74 Å². The summed E-state index contributed by atoms with van der Waals surface area (Å²) in [4.78, 5) is 13.3. The molecule has 0 atom stereocenters. The minimum Gasteiger partial charge on any atom is -0.513 e. The molecule has 1 amide bonds. The van der Waals surface area contributed by atoms with Gasteiger partial charge in [0.1, 0.15) is 5.60 Å². The number of carbonyl (C=O) groups excluding carboxylic acids is 1. The van der Waals surface area contributed by atoms with Crippen LogP contribution in [0.3, 0.4) is 0 Å². The second kappa shape index (κ2) is 4.00. The van der Waals surface area contributed by atoms with Crippen LogP contribution in [0.15, 0.2) is 12.3 Å². The van der Waals surface area contributed by atoms with E-state index in [2.05, 4.69) is 6.58 Å². The summed E-state index contributed by atoms with van der Waals surface area (Å²) >= 11 is 0. The molecule has 16 heavy (non-hydrogen) atoms. The second-order valence-corrected chi connectivity index (χ2v) is 5.89. The summed E-state index contributed by atoms with van der Waals surface area (Å²) in [6.07, 6.45) is 0.250. The van der Waals surface area contributed by atoms with Crippen molar-refractivity contribution in [3.8, 4) is 0 Å². The fraction of sp³-hybridized carbons (Fsp3) is 0.750. The molecule has 0 unspecified atom stereocenters. The smallest absolute Gasteiger partial charge is 0.410 e. The van der Waals surface area contributed by atoms with Crippen LogP contribution >= 0.6 is 0 Å². The van der Waals surface area contributed by atoms with Gasteiger partial charge in [-0.25, -0.2) is 4.79 Å². The fourth-order valence-corrected chi connectivity index (χ4v) is 1.94. The van der Waals surface area contributed by atoms with Gasteiger partial charge in [0.15, 0.2) is 0 Å². The number of nitrogens with zero attached hydrogens (tertiary/aromatic N) is 1. The average molecular weight is 227 g/mol. The van der Waals surface area contributed by atoms with E-state index in [1.807, 2.05) is 27.7 Å². The first-order valence-electron chi connectivity index (χ1n) is 5.46. The van der Waals surface area contributed by atoms with E-state index in [1.165, 1.54) is 0 Å². The number of allylic oxidation sites excluding steroid dienone is 1. The summed E-state index contributed by atoms with van der Waals surface area (Å²) in [6.45, 7) is 12.3. The van der Waals surface area contributed by atoms with Crippen LogP contribution in [0.5, 0.6) is 0 Å². The Morgan fingerprint density at radius 3 is 2.38 bits per heavy atom. The highest BCUT2D eigenvalue weighted by molar-refractivity contribution is 5.69. The maximum Gasteiger partial charge on any atom is 0.410 e. The van der Waals surface area contributed by atoms with E-state index in [-0.39, 0.29) is 17.3 Å². The van der Waals surface area contributed by atoms with Gasteiger partial charge in [0.25, 0.3) is 0 Å². The largest absolute Gasteiger partial charge is 0.513 e. The number of carbonyl (C=O) groups is 1. The summed E-state index contributed by atoms with van der Waals surface area (Å²) in [7, 11) is 0. The average Bonchev–Trinajstić information content (AvgIpc) is 1.94. The van der Waals surface area contributed by atoms with Gasteiger partial charge in [-0.15, -0.1) is 0 Å². The maximum absolute atomic E-state index is 11.6. The lowest BCUT2D eigenvalue weighted by Gasteiger charge is -2.47. The highest BCUT2D eigenvalue weighted by Gasteiger charge is 2.43. The highest BCUT2D eigenvalue weighted by Crippen LogP contribution is 2.35. The Hall–Kier alpha value is -1.19. The number of likely N-dealkylation sites (tertiary alicyclic amines) is 1. The van der Waals surface area contributed by atoms with Gasteiger partial charge >= 0.3 is 6.09 Å². The monoisotopic (exact) mass is 227 g/mol. The molecule has 0 aromatic heterocycles. The Bertz CT molecular complexity index is 298. The maximum atomic E-state index is 11.6. The van der Waals surface area contributed by atoms with Crippen LogP contribution in [0, 0.1) is 5.41 Å². The molecule has 4 heteroatoms. The molecule has 0 spiro atoms. The van der Waals surface area contributed by atoms with Crippen molar-refractivity contribution in [3.05, 3.63) is 12.3 Å². The predicted molar refractivity (Wildman–Crippen MR) is 62.3 cm³/mol. The Morgan fingerprint density at radius 2 is 2.00 bits per heavy atom. The van der Waals surface area contributed by atoms with Gasteiger partial charge in [-0.3, -0.25) is 0 Å². The van der Waals surface area contributed by atoms with Crippen LogP contribution in [0.1, 0.15) is 34.1 Å². The first kappa shape index (κ1) is 12.9. The van der Waals surface area contributed by atoms with Crippen molar-refractivity contribution in [1.82, 2.24) is 4.90 Å². The van der Waals surface area contributed by atoms with Gasteiger partial charge in [-0.1, -0.05) is 13.5 Å². The van der Waals surface area contributed by atoms with Gasteiger partial charge in [0.2, 0.25) is 0 Å². The zero-order valence-electron chi connectivity index (χ0n) is 10.5. The summed E-state index contributed by atoms with van der Waals surface area (Å²) in [5.74, 6) is 0.173. The summed E-state index contributed by atoms with van der Waals surface area (Å²) in [5.41, 5.74) is -0.508. The minimum absolute atomic E-state index is 0.0528. The Kier molecular flexibility index (Phi) is 3.22. The number of aliphatic hydroxyl groups is 1. The topological polar surface area (TPSA) is 49.8 Å². The van der Waals surface area contributed by atoms with Crippen molar-refractivity contribution in [1.29, 1.82) is 0 Å². The quantitative estimate of drug-likeness (QED) is 0.738. The first-order valence-corrected chi connectivity index (χ1v) is 5.46. The molecule has 0 aromatic carbocycles. The van der Waals surface area contributed by atoms with Gasteiger partial charge in [0.05, 0.1) is 5.76 Å². The molecule has 0 aliphatic carbocycles. The molecule has 0 aromatic rings. The van der Waals surface area contributed by atoms with E-state index in [0.29, 0.717) is 19.5 Å². The molecule has 92 valence electrons. The summed E-state index contributed by atoms with van der Waals surface area (Å²) < 4.78 is 5.24. The molecule has 1 aliphatic heterocycles. The third-order valence-corrected chi connectivity index (χ3v) is 2.43. The highest BCUT2D eigenvalue weighted by atomic mass is 16.6. The Labute approximate surface area is 96.9 Å². The van der Waals surface area contributed by atoms with Crippen molar-refractivity contribution in [2.45, 2.75) is 39.7 Å². The van der Waals surface area contributed by atoms with Crippen LogP contribution in [0.4, 0.5) is 4.79 Å². The van der Waals surface area contributed by atoms with Crippen molar-refractivity contribution < 1.29 is 14.6 Å². The van der Waals surface area contributed by atoms with E-state index in [1.54, 1.807) is 4.90 Å². The third-order valence-electron chi connectivity index (χ3n) is 2.43. The zero-order chi connectivity index (χ0) is 12.6. The number of aliphatic hydroxyl groups excluding tert-OH is 1. The third kappa shape index (κ3) is 3.43. The molecule has 1 heterocycles. The Balaban J connectivity index is 2.41. The van der Waals surface area contributed by atoms with Gasteiger partial charge in [0, 0.05) is 24.9 Å². The molecular formula is C12H21NO3. The van der Waals surface area contributed by atoms with E-state index < -0.39 is 5.60 Å². The molecule has 0 bridgehead atoms. The fourth-order valence-electron chi connectivity index (χ4n) is 1.94. The molecular weight excluding hydrogens is 206 g/mol. The molecule has 1 N–H and O–H groups in total. The second-order valence-electron chi connectivity index (χ2n) is 5.89. The Morgan fingerprint density at radius 1 is 1.50 bits per heavy atom. The first-order chi connectivity index (χ1) is 7.11. The van der Waals surface area contributed by atoms with Crippen molar-refractivity contribution in [2.24, 2.45) is 5.41 Å². The molecule has 1 fully saturated rings. The lowest BCUT2D eigenvalue weighted by molar-refractivity contribution is -0.0303. The van der Waals surface area contributed by atoms with Crippen LogP contribution in [-0.4, -0.2) is 34.8 Å². The van der Waals surface area contributed by atoms with Gasteiger partial charge in [-0.05, 0) is 20.8 Å². The predicted octanol–water partition coefficient (Wildman–Crippen LogP) is 2.71. The molecule has 0 saturated carbocycles. The van der Waals surface area contributed by atoms with Crippen molar-refractivity contribution >= 4 is 6.09 Å². The molecule has 1 aliphatic rings. The standard InChI is InChI=1S/C12H21NO3/c1-9(14)6-12(5)7-13(8-12)10(15)16-11(2,3)4/h14H,1,6-8H2,2-5H3. The lowest BCUT2D eigenvalue weighted by atomic mass is 9.79.